The molecule has 0 aromatic heterocycles. The predicted molar refractivity (Wildman–Crippen MR) is 86.8 cm³/mol. The van der Waals surface area contributed by atoms with Gasteiger partial charge in [-0.3, -0.25) is 0 Å². The lowest BCUT2D eigenvalue weighted by molar-refractivity contribution is 0.415. The molecule has 0 aliphatic rings. The van der Waals surface area contributed by atoms with Crippen molar-refractivity contribution in [1.82, 2.24) is 5.32 Å². The monoisotopic (exact) mass is 285 g/mol. The van der Waals surface area contributed by atoms with E-state index in [0.717, 1.165) is 24.8 Å². The SMILES string of the molecule is CCC(NC(C)CCc1ccccc1)c1ccccc1F. The first-order chi connectivity index (χ1) is 10.2. The Kier molecular flexibility index (Phi) is 5.94. The van der Waals surface area contributed by atoms with E-state index in [1.165, 1.54) is 11.6 Å². The number of aryl methyl sites for hydroxylation is 1. The minimum absolute atomic E-state index is 0.0805. The lowest BCUT2D eigenvalue weighted by atomic mass is 10.0. The predicted octanol–water partition coefficient (Wildman–Crippen LogP) is 4.89. The molecule has 0 spiro atoms. The summed E-state index contributed by atoms with van der Waals surface area (Å²) in [5.41, 5.74) is 2.12. The number of hydrogen-bond donors (Lipinski definition) is 1. The molecule has 0 aliphatic heterocycles. The van der Waals surface area contributed by atoms with Gasteiger partial charge in [0.1, 0.15) is 5.82 Å². The quantitative estimate of drug-likeness (QED) is 0.764. The van der Waals surface area contributed by atoms with E-state index >= 15 is 0 Å². The number of rotatable bonds is 7. The van der Waals surface area contributed by atoms with Gasteiger partial charge in [0.05, 0.1) is 0 Å². The molecular formula is C19H24FN. The zero-order chi connectivity index (χ0) is 15.1. The van der Waals surface area contributed by atoms with E-state index in [1.54, 1.807) is 6.07 Å². The van der Waals surface area contributed by atoms with Gasteiger partial charge in [-0.1, -0.05) is 55.5 Å². The van der Waals surface area contributed by atoms with Gasteiger partial charge in [-0.2, -0.15) is 0 Å². The first-order valence-electron chi connectivity index (χ1n) is 7.75. The summed E-state index contributed by atoms with van der Waals surface area (Å²) < 4.78 is 13.9. The van der Waals surface area contributed by atoms with E-state index < -0.39 is 0 Å². The molecule has 0 amide bonds. The normalized spacial score (nSPS) is 13.9. The molecular weight excluding hydrogens is 261 g/mol. The van der Waals surface area contributed by atoms with Crippen LogP contribution in [0.15, 0.2) is 54.6 Å². The van der Waals surface area contributed by atoms with Crippen molar-refractivity contribution in [3.05, 3.63) is 71.5 Å². The molecule has 2 aromatic rings. The molecule has 2 aromatic carbocycles. The van der Waals surface area contributed by atoms with E-state index in [2.05, 4.69) is 43.4 Å². The van der Waals surface area contributed by atoms with Crippen LogP contribution in [0.3, 0.4) is 0 Å². The zero-order valence-corrected chi connectivity index (χ0v) is 12.9. The van der Waals surface area contributed by atoms with E-state index in [0.29, 0.717) is 6.04 Å². The first-order valence-corrected chi connectivity index (χ1v) is 7.75. The van der Waals surface area contributed by atoms with Crippen LogP contribution in [0.25, 0.3) is 0 Å². The summed E-state index contributed by atoms with van der Waals surface area (Å²) in [5.74, 6) is -0.118. The Morgan fingerprint density at radius 2 is 1.67 bits per heavy atom. The maximum atomic E-state index is 13.9. The van der Waals surface area contributed by atoms with Crippen LogP contribution in [0, 0.1) is 5.82 Å². The molecule has 0 saturated carbocycles. The van der Waals surface area contributed by atoms with Crippen LogP contribution in [-0.2, 0) is 6.42 Å². The molecule has 1 nitrogen and oxygen atoms in total. The van der Waals surface area contributed by atoms with Crippen LogP contribution in [-0.4, -0.2) is 6.04 Å². The van der Waals surface area contributed by atoms with Crippen LogP contribution in [0.5, 0.6) is 0 Å². The second kappa shape index (κ2) is 7.94. The third kappa shape index (κ3) is 4.68. The Balaban J connectivity index is 1.91. The average molecular weight is 285 g/mol. The van der Waals surface area contributed by atoms with Crippen molar-refractivity contribution < 1.29 is 4.39 Å². The summed E-state index contributed by atoms with van der Waals surface area (Å²) in [6.45, 7) is 4.26. The van der Waals surface area contributed by atoms with Crippen LogP contribution >= 0.6 is 0 Å². The highest BCUT2D eigenvalue weighted by molar-refractivity contribution is 5.21. The fraction of sp³-hybridized carbons (Fsp3) is 0.368. The third-order valence-electron chi connectivity index (χ3n) is 3.88. The average Bonchev–Trinajstić information content (AvgIpc) is 2.52. The number of nitrogens with one attached hydrogen (secondary N) is 1. The molecule has 21 heavy (non-hydrogen) atoms. The van der Waals surface area contributed by atoms with Gasteiger partial charge in [-0.25, -0.2) is 4.39 Å². The summed E-state index contributed by atoms with van der Waals surface area (Å²) in [4.78, 5) is 0. The van der Waals surface area contributed by atoms with Crippen LogP contribution in [0.1, 0.15) is 43.9 Å². The molecule has 0 saturated heterocycles. The number of halogens is 1. The molecule has 2 atom stereocenters. The Bertz CT molecular complexity index is 538. The van der Waals surface area contributed by atoms with Gasteiger partial charge in [-0.15, -0.1) is 0 Å². The number of benzene rings is 2. The van der Waals surface area contributed by atoms with Crippen molar-refractivity contribution in [2.24, 2.45) is 0 Å². The highest BCUT2D eigenvalue weighted by Crippen LogP contribution is 2.21. The zero-order valence-electron chi connectivity index (χ0n) is 12.9. The van der Waals surface area contributed by atoms with Crippen molar-refractivity contribution in [1.29, 1.82) is 0 Å². The summed E-state index contributed by atoms with van der Waals surface area (Å²) >= 11 is 0. The Morgan fingerprint density at radius 3 is 2.33 bits per heavy atom. The standard InChI is InChI=1S/C19H24FN/c1-3-19(17-11-7-8-12-18(17)20)21-15(2)13-14-16-9-5-4-6-10-16/h4-12,15,19,21H,3,13-14H2,1-2H3. The van der Waals surface area contributed by atoms with Crippen LogP contribution < -0.4 is 5.32 Å². The molecule has 0 aliphatic carbocycles. The maximum absolute atomic E-state index is 13.9. The maximum Gasteiger partial charge on any atom is 0.127 e. The highest BCUT2D eigenvalue weighted by atomic mass is 19.1. The first kappa shape index (κ1) is 15.7. The lowest BCUT2D eigenvalue weighted by Gasteiger charge is -2.23. The van der Waals surface area contributed by atoms with Crippen molar-refractivity contribution >= 4 is 0 Å². The van der Waals surface area contributed by atoms with E-state index in [9.17, 15) is 4.39 Å². The van der Waals surface area contributed by atoms with Crippen molar-refractivity contribution in [3.8, 4) is 0 Å². The minimum Gasteiger partial charge on any atom is -0.307 e. The Labute approximate surface area is 127 Å². The van der Waals surface area contributed by atoms with Crippen LogP contribution in [0.4, 0.5) is 4.39 Å². The van der Waals surface area contributed by atoms with E-state index in [-0.39, 0.29) is 11.9 Å². The minimum atomic E-state index is -0.118. The topological polar surface area (TPSA) is 12.0 Å². The van der Waals surface area contributed by atoms with Gasteiger partial charge in [0.15, 0.2) is 0 Å². The Hall–Kier alpha value is -1.67. The fourth-order valence-corrected chi connectivity index (χ4v) is 2.64. The molecule has 2 heteroatoms. The van der Waals surface area contributed by atoms with Crippen LogP contribution in [0.2, 0.25) is 0 Å². The molecule has 112 valence electrons. The molecule has 2 unspecified atom stereocenters. The largest absolute Gasteiger partial charge is 0.307 e. The molecule has 0 fully saturated rings. The van der Waals surface area contributed by atoms with E-state index in [1.807, 2.05) is 18.2 Å². The molecule has 0 radical (unpaired) electrons. The number of hydrogen-bond acceptors (Lipinski definition) is 1. The Morgan fingerprint density at radius 1 is 1.00 bits per heavy atom. The summed E-state index contributed by atoms with van der Waals surface area (Å²) in [7, 11) is 0. The summed E-state index contributed by atoms with van der Waals surface area (Å²) in [6.07, 6.45) is 2.98. The van der Waals surface area contributed by atoms with Gasteiger partial charge in [0, 0.05) is 17.6 Å². The van der Waals surface area contributed by atoms with Gasteiger partial charge in [0.2, 0.25) is 0 Å². The molecule has 2 rings (SSSR count). The van der Waals surface area contributed by atoms with Crippen molar-refractivity contribution in [2.45, 2.75) is 45.2 Å². The molecule has 1 N–H and O–H groups in total. The second-order valence-electron chi connectivity index (χ2n) is 5.57. The fourth-order valence-electron chi connectivity index (χ4n) is 2.64. The highest BCUT2D eigenvalue weighted by Gasteiger charge is 2.15. The third-order valence-corrected chi connectivity index (χ3v) is 3.88. The van der Waals surface area contributed by atoms with Crippen molar-refractivity contribution in [2.75, 3.05) is 0 Å². The molecule has 0 heterocycles. The molecule has 0 bridgehead atoms. The van der Waals surface area contributed by atoms with Crippen molar-refractivity contribution in [3.63, 3.8) is 0 Å². The van der Waals surface area contributed by atoms with Gasteiger partial charge >= 0.3 is 0 Å². The lowest BCUT2D eigenvalue weighted by Crippen LogP contribution is -2.31. The smallest absolute Gasteiger partial charge is 0.127 e. The summed E-state index contributed by atoms with van der Waals surface area (Å²) in [6, 6.07) is 18.0. The van der Waals surface area contributed by atoms with Gasteiger partial charge in [0.25, 0.3) is 0 Å². The van der Waals surface area contributed by atoms with E-state index in [4.69, 9.17) is 0 Å². The second-order valence-corrected chi connectivity index (χ2v) is 5.57. The summed E-state index contributed by atoms with van der Waals surface area (Å²) in [5, 5.41) is 3.55. The van der Waals surface area contributed by atoms with Gasteiger partial charge < -0.3 is 5.32 Å². The van der Waals surface area contributed by atoms with Gasteiger partial charge in [-0.05, 0) is 37.8 Å².